The maximum atomic E-state index is 2.33. The van der Waals surface area contributed by atoms with Gasteiger partial charge >= 0.3 is 0 Å². The highest BCUT2D eigenvalue weighted by Gasteiger charge is 2.07. The van der Waals surface area contributed by atoms with Gasteiger partial charge in [0, 0.05) is 0 Å². The third-order valence-corrected chi connectivity index (χ3v) is 4.94. The second kappa shape index (κ2) is 7.21. The molecule has 4 rings (SSSR count). The molecule has 0 spiro atoms. The van der Waals surface area contributed by atoms with E-state index in [1.807, 2.05) is 0 Å². The van der Waals surface area contributed by atoms with Crippen LogP contribution in [0.4, 0.5) is 0 Å². The summed E-state index contributed by atoms with van der Waals surface area (Å²) in [5.41, 5.74) is 8.68. The number of benzene rings is 2. The maximum absolute atomic E-state index is 2.33. The number of fused-ring (bicyclic) bond motifs is 2. The lowest BCUT2D eigenvalue weighted by atomic mass is 9.98. The molecule has 0 bridgehead atoms. The first kappa shape index (κ1) is 16.8. The molecule has 0 amide bonds. The van der Waals surface area contributed by atoms with Crippen molar-refractivity contribution in [3.05, 3.63) is 81.9 Å². The predicted octanol–water partition coefficient (Wildman–Crippen LogP) is 6.76. The Balaban J connectivity index is 0.000000141. The zero-order valence-corrected chi connectivity index (χ0v) is 15.3. The van der Waals surface area contributed by atoms with E-state index in [1.165, 1.54) is 33.4 Å². The summed E-state index contributed by atoms with van der Waals surface area (Å²) in [5, 5.41) is 0. The van der Waals surface area contributed by atoms with Gasteiger partial charge in [0.05, 0.1) is 0 Å². The summed E-state index contributed by atoms with van der Waals surface area (Å²) in [6.07, 6.45) is 11.1. The van der Waals surface area contributed by atoms with Crippen LogP contribution in [0.25, 0.3) is 12.2 Å². The summed E-state index contributed by atoms with van der Waals surface area (Å²) < 4.78 is 0. The van der Waals surface area contributed by atoms with E-state index in [0.29, 0.717) is 11.8 Å². The van der Waals surface area contributed by atoms with Gasteiger partial charge in [0.1, 0.15) is 0 Å². The minimum absolute atomic E-state index is 0.643. The van der Waals surface area contributed by atoms with Crippen LogP contribution in [0.5, 0.6) is 0 Å². The van der Waals surface area contributed by atoms with Gasteiger partial charge in [-0.3, -0.25) is 0 Å². The van der Waals surface area contributed by atoms with E-state index in [9.17, 15) is 0 Å². The predicted molar refractivity (Wildman–Crippen MR) is 107 cm³/mol. The van der Waals surface area contributed by atoms with Crippen molar-refractivity contribution in [2.24, 2.45) is 0 Å². The molecule has 0 aliphatic heterocycles. The summed E-state index contributed by atoms with van der Waals surface area (Å²) in [6.45, 7) is 8.95. The van der Waals surface area contributed by atoms with Crippen LogP contribution in [0.2, 0.25) is 0 Å². The summed E-state index contributed by atoms with van der Waals surface area (Å²) in [5.74, 6) is 1.29. The first-order valence-electron chi connectivity index (χ1n) is 9.13. The van der Waals surface area contributed by atoms with Gasteiger partial charge in [0.2, 0.25) is 0 Å². The fraction of sp³-hybridized carbons (Fsp3) is 0.333. The Bertz CT molecular complexity index is 773. The molecule has 124 valence electrons. The van der Waals surface area contributed by atoms with E-state index in [4.69, 9.17) is 0 Å². The molecule has 0 saturated carbocycles. The molecule has 0 unspecified atom stereocenters. The molecule has 2 aliphatic carbocycles. The second-order valence-electron chi connectivity index (χ2n) is 7.44. The van der Waals surface area contributed by atoms with Crippen molar-refractivity contribution < 1.29 is 0 Å². The van der Waals surface area contributed by atoms with Crippen LogP contribution >= 0.6 is 0 Å². The lowest BCUT2D eigenvalue weighted by Crippen LogP contribution is -1.90. The van der Waals surface area contributed by atoms with Crippen molar-refractivity contribution in [2.45, 2.75) is 52.4 Å². The number of allylic oxidation sites excluding steroid dienone is 2. The molecule has 0 nitrogen and oxygen atoms in total. The second-order valence-corrected chi connectivity index (χ2v) is 7.44. The SMILES string of the molecule is CC(C)c1ccc2c(c1)C=CC2.CC(C)c1ccc2c(c1)CC=C2. The Morgan fingerprint density at radius 3 is 1.92 bits per heavy atom. The number of hydrogen-bond donors (Lipinski definition) is 0. The zero-order chi connectivity index (χ0) is 17.1. The molecule has 0 heteroatoms. The van der Waals surface area contributed by atoms with Crippen molar-refractivity contribution in [1.29, 1.82) is 0 Å². The maximum Gasteiger partial charge on any atom is -0.00881 e. The average molecular weight is 316 g/mol. The summed E-state index contributed by atoms with van der Waals surface area (Å²) in [4.78, 5) is 0. The average Bonchev–Trinajstić information content (AvgIpc) is 3.22. The molecule has 2 aromatic carbocycles. The molecule has 0 fully saturated rings. The third kappa shape index (κ3) is 3.70. The van der Waals surface area contributed by atoms with Gasteiger partial charge in [-0.25, -0.2) is 0 Å². The highest BCUT2D eigenvalue weighted by molar-refractivity contribution is 5.61. The van der Waals surface area contributed by atoms with E-state index in [2.05, 4.69) is 88.4 Å². The van der Waals surface area contributed by atoms with Crippen molar-refractivity contribution in [3.8, 4) is 0 Å². The Morgan fingerprint density at radius 2 is 1.21 bits per heavy atom. The third-order valence-electron chi connectivity index (χ3n) is 4.94. The van der Waals surface area contributed by atoms with Gasteiger partial charge in [0.15, 0.2) is 0 Å². The van der Waals surface area contributed by atoms with E-state index < -0.39 is 0 Å². The van der Waals surface area contributed by atoms with Gasteiger partial charge in [-0.2, -0.15) is 0 Å². The van der Waals surface area contributed by atoms with Gasteiger partial charge in [-0.05, 0) is 58.1 Å². The van der Waals surface area contributed by atoms with Crippen LogP contribution in [0.3, 0.4) is 0 Å². The highest BCUT2D eigenvalue weighted by Crippen LogP contribution is 2.25. The Hall–Kier alpha value is -2.08. The van der Waals surface area contributed by atoms with Crippen LogP contribution in [0, 0.1) is 0 Å². The Kier molecular flexibility index (Phi) is 5.04. The fourth-order valence-electron chi connectivity index (χ4n) is 3.26. The zero-order valence-electron chi connectivity index (χ0n) is 15.3. The molecule has 2 aromatic rings. The highest BCUT2D eigenvalue weighted by atomic mass is 14.1. The largest absolute Gasteiger partial charge is 0.0795 e. The van der Waals surface area contributed by atoms with Crippen molar-refractivity contribution in [1.82, 2.24) is 0 Å². The molecular formula is C24H28. The van der Waals surface area contributed by atoms with Gasteiger partial charge in [-0.15, -0.1) is 0 Å². The van der Waals surface area contributed by atoms with Crippen LogP contribution in [-0.4, -0.2) is 0 Å². The summed E-state index contributed by atoms with van der Waals surface area (Å²) in [6, 6.07) is 13.6. The van der Waals surface area contributed by atoms with Gasteiger partial charge in [0.25, 0.3) is 0 Å². The molecule has 24 heavy (non-hydrogen) atoms. The molecule has 2 aliphatic rings. The first-order valence-corrected chi connectivity index (χ1v) is 9.13. The molecule has 0 radical (unpaired) electrons. The number of hydrogen-bond acceptors (Lipinski definition) is 0. The van der Waals surface area contributed by atoms with Gasteiger partial charge < -0.3 is 0 Å². The van der Waals surface area contributed by atoms with E-state index in [-0.39, 0.29) is 0 Å². The van der Waals surface area contributed by atoms with E-state index in [1.54, 1.807) is 0 Å². The van der Waals surface area contributed by atoms with Crippen LogP contribution in [0.15, 0.2) is 48.6 Å². The molecule has 0 heterocycles. The topological polar surface area (TPSA) is 0 Å². The monoisotopic (exact) mass is 316 g/mol. The first-order chi connectivity index (χ1) is 11.5. The molecule has 0 saturated heterocycles. The van der Waals surface area contributed by atoms with E-state index in [0.717, 1.165) is 12.8 Å². The molecular weight excluding hydrogens is 288 g/mol. The Labute approximate surface area is 146 Å². The van der Waals surface area contributed by atoms with Crippen LogP contribution in [0.1, 0.15) is 72.9 Å². The van der Waals surface area contributed by atoms with E-state index >= 15 is 0 Å². The lowest BCUT2D eigenvalue weighted by molar-refractivity contribution is 0.864. The van der Waals surface area contributed by atoms with Crippen molar-refractivity contribution >= 4 is 12.2 Å². The molecule has 0 atom stereocenters. The lowest BCUT2D eigenvalue weighted by Gasteiger charge is -2.07. The molecule has 0 aromatic heterocycles. The van der Waals surface area contributed by atoms with Crippen molar-refractivity contribution in [2.75, 3.05) is 0 Å². The van der Waals surface area contributed by atoms with Gasteiger partial charge in [-0.1, -0.05) is 88.4 Å². The summed E-state index contributed by atoms with van der Waals surface area (Å²) >= 11 is 0. The minimum atomic E-state index is 0.643. The van der Waals surface area contributed by atoms with Crippen molar-refractivity contribution in [3.63, 3.8) is 0 Å². The smallest absolute Gasteiger partial charge is 0.00881 e. The normalized spacial score (nSPS) is 13.9. The summed E-state index contributed by atoms with van der Waals surface area (Å²) in [7, 11) is 0. The standard InChI is InChI=1S/2C12H14/c2*1-9(2)11-7-6-10-4-3-5-12(10)8-11/h3,5-9H,4H2,1-2H3;3-4,6-9H,5H2,1-2H3. The quantitative estimate of drug-likeness (QED) is 0.574. The number of rotatable bonds is 2. The van der Waals surface area contributed by atoms with Crippen LogP contribution in [-0.2, 0) is 12.8 Å². The van der Waals surface area contributed by atoms with Crippen LogP contribution < -0.4 is 0 Å². The fourth-order valence-corrected chi connectivity index (χ4v) is 3.26. The Morgan fingerprint density at radius 1 is 0.625 bits per heavy atom. The minimum Gasteiger partial charge on any atom is -0.0795 e. The molecule has 0 N–H and O–H groups in total.